The van der Waals surface area contributed by atoms with Crippen LogP contribution < -0.4 is 11.1 Å². The molecule has 1 aromatic rings. The Morgan fingerprint density at radius 2 is 1.81 bits per heavy atom. The van der Waals surface area contributed by atoms with E-state index in [1.165, 1.54) is 31.2 Å². The van der Waals surface area contributed by atoms with Crippen LogP contribution in [0.15, 0.2) is 29.2 Å². The highest BCUT2D eigenvalue weighted by atomic mass is 32.2. The van der Waals surface area contributed by atoms with Gasteiger partial charge in [-0.15, -0.1) is 0 Å². The molecule has 9 heteroatoms. The van der Waals surface area contributed by atoms with E-state index in [2.05, 4.69) is 0 Å². The number of esters is 1. The first-order valence-electron chi connectivity index (χ1n) is 5.65. The van der Waals surface area contributed by atoms with Crippen molar-refractivity contribution in [3.63, 3.8) is 0 Å². The van der Waals surface area contributed by atoms with Crippen molar-refractivity contribution < 1.29 is 27.9 Å². The van der Waals surface area contributed by atoms with E-state index in [4.69, 9.17) is 10.5 Å². The van der Waals surface area contributed by atoms with Crippen LogP contribution in [0.5, 0.6) is 0 Å². The fourth-order valence-corrected chi connectivity index (χ4v) is 1.78. The molecule has 6 nitrogen and oxygen atoms in total. The van der Waals surface area contributed by atoms with Crippen molar-refractivity contribution in [3.8, 4) is 0 Å². The fourth-order valence-electron chi connectivity index (χ4n) is 1.28. The van der Waals surface area contributed by atoms with Gasteiger partial charge in [0.2, 0.25) is 0 Å². The minimum atomic E-state index is -2.56. The molecule has 1 rings (SSSR count). The molecule has 0 bridgehead atoms. The van der Waals surface area contributed by atoms with Crippen molar-refractivity contribution in [2.24, 2.45) is 5.73 Å². The quantitative estimate of drug-likeness (QED) is 0.636. The summed E-state index contributed by atoms with van der Waals surface area (Å²) in [5.74, 6) is -4.24. The Morgan fingerprint density at radius 3 is 2.29 bits per heavy atom. The average molecular weight is 318 g/mol. The largest absolute Gasteiger partial charge is 0.449 e. The second-order valence-electron chi connectivity index (χ2n) is 3.80. The molecule has 0 fully saturated rings. The summed E-state index contributed by atoms with van der Waals surface area (Å²) in [5.41, 5.74) is 4.84. The SMILES string of the molecule is CC(OC(=O)c1ccc(SC(F)F)cc1)C(=O)NC(N)=O. The number of alkyl halides is 2. The molecule has 0 radical (unpaired) electrons. The molecule has 0 saturated heterocycles. The van der Waals surface area contributed by atoms with Gasteiger partial charge in [0.25, 0.3) is 11.7 Å². The molecule has 0 aliphatic heterocycles. The van der Waals surface area contributed by atoms with E-state index < -0.39 is 29.8 Å². The lowest BCUT2D eigenvalue weighted by Crippen LogP contribution is -2.42. The minimum Gasteiger partial charge on any atom is -0.449 e. The van der Waals surface area contributed by atoms with E-state index in [-0.39, 0.29) is 5.56 Å². The van der Waals surface area contributed by atoms with Crippen molar-refractivity contribution in [2.45, 2.75) is 23.7 Å². The highest BCUT2D eigenvalue weighted by Gasteiger charge is 2.20. The number of benzene rings is 1. The average Bonchev–Trinajstić information content (AvgIpc) is 2.37. The first-order chi connectivity index (χ1) is 9.79. The van der Waals surface area contributed by atoms with Gasteiger partial charge in [-0.3, -0.25) is 10.1 Å². The van der Waals surface area contributed by atoms with E-state index in [0.717, 1.165) is 0 Å². The lowest BCUT2D eigenvalue weighted by Gasteiger charge is -2.12. The maximum absolute atomic E-state index is 12.1. The van der Waals surface area contributed by atoms with Gasteiger partial charge in [0.15, 0.2) is 6.10 Å². The van der Waals surface area contributed by atoms with Gasteiger partial charge in [0.1, 0.15) is 0 Å². The zero-order chi connectivity index (χ0) is 16.0. The van der Waals surface area contributed by atoms with E-state index in [1.807, 2.05) is 0 Å². The molecule has 21 heavy (non-hydrogen) atoms. The number of nitrogens with one attached hydrogen (secondary N) is 1. The van der Waals surface area contributed by atoms with Crippen molar-refractivity contribution in [1.29, 1.82) is 0 Å². The summed E-state index contributed by atoms with van der Waals surface area (Å²) in [6.07, 6.45) is -1.22. The summed E-state index contributed by atoms with van der Waals surface area (Å²) in [6.45, 7) is 1.26. The molecule has 1 aromatic carbocycles. The van der Waals surface area contributed by atoms with E-state index in [0.29, 0.717) is 16.7 Å². The van der Waals surface area contributed by atoms with Gasteiger partial charge in [-0.25, -0.2) is 9.59 Å². The van der Waals surface area contributed by atoms with Crippen LogP contribution >= 0.6 is 11.8 Å². The summed E-state index contributed by atoms with van der Waals surface area (Å²) in [6, 6.07) is 4.21. The molecule has 0 aliphatic carbocycles. The molecule has 3 amide bonds. The Kier molecular flexibility index (Phi) is 6.10. The topological polar surface area (TPSA) is 98.5 Å². The summed E-state index contributed by atoms with van der Waals surface area (Å²) in [4.78, 5) is 33.8. The third kappa shape index (κ3) is 5.78. The van der Waals surface area contributed by atoms with E-state index in [1.54, 1.807) is 5.32 Å². The van der Waals surface area contributed by atoms with Gasteiger partial charge in [-0.2, -0.15) is 8.78 Å². The molecule has 0 saturated carbocycles. The van der Waals surface area contributed by atoms with Gasteiger partial charge in [-0.05, 0) is 31.2 Å². The third-order valence-corrected chi connectivity index (χ3v) is 2.94. The number of ether oxygens (including phenoxy) is 1. The molecule has 3 N–H and O–H groups in total. The van der Waals surface area contributed by atoms with Crippen LogP contribution in [0.3, 0.4) is 0 Å². The number of carbonyl (C=O) groups is 3. The molecule has 0 aliphatic rings. The molecule has 1 atom stereocenters. The van der Waals surface area contributed by atoms with Gasteiger partial charge >= 0.3 is 12.0 Å². The van der Waals surface area contributed by atoms with Crippen LogP contribution in [0, 0.1) is 0 Å². The van der Waals surface area contributed by atoms with Gasteiger partial charge in [0, 0.05) is 4.90 Å². The highest BCUT2D eigenvalue weighted by molar-refractivity contribution is 7.99. The van der Waals surface area contributed by atoms with Crippen LogP contribution in [-0.2, 0) is 9.53 Å². The highest BCUT2D eigenvalue weighted by Crippen LogP contribution is 2.25. The number of rotatable bonds is 5. The van der Waals surface area contributed by atoms with Crippen LogP contribution in [0.2, 0.25) is 0 Å². The van der Waals surface area contributed by atoms with Crippen LogP contribution in [0.4, 0.5) is 13.6 Å². The Morgan fingerprint density at radius 1 is 1.24 bits per heavy atom. The van der Waals surface area contributed by atoms with Crippen LogP contribution in [0.25, 0.3) is 0 Å². The number of halogens is 2. The number of imide groups is 1. The van der Waals surface area contributed by atoms with Crippen molar-refractivity contribution in [3.05, 3.63) is 29.8 Å². The zero-order valence-electron chi connectivity index (χ0n) is 10.8. The van der Waals surface area contributed by atoms with Crippen molar-refractivity contribution >= 4 is 29.7 Å². The number of thioether (sulfide) groups is 1. The fraction of sp³-hybridized carbons (Fsp3) is 0.250. The van der Waals surface area contributed by atoms with Crippen molar-refractivity contribution in [1.82, 2.24) is 5.32 Å². The van der Waals surface area contributed by atoms with Gasteiger partial charge in [0.05, 0.1) is 5.56 Å². The molecule has 0 heterocycles. The number of urea groups is 1. The summed E-state index contributed by atoms with van der Waals surface area (Å²) in [5, 5.41) is 1.77. The minimum absolute atomic E-state index is 0.0901. The smallest absolute Gasteiger partial charge is 0.338 e. The lowest BCUT2D eigenvalue weighted by atomic mass is 10.2. The molecule has 0 aromatic heterocycles. The number of primary amides is 1. The molecule has 1 unspecified atom stereocenters. The van der Waals surface area contributed by atoms with E-state index >= 15 is 0 Å². The van der Waals surface area contributed by atoms with Crippen LogP contribution in [0.1, 0.15) is 17.3 Å². The predicted molar refractivity (Wildman–Crippen MR) is 70.9 cm³/mol. The third-order valence-electron chi connectivity index (χ3n) is 2.21. The molecular formula is C12H12F2N2O4S. The number of carbonyl (C=O) groups excluding carboxylic acids is 3. The van der Waals surface area contributed by atoms with Crippen LogP contribution in [-0.4, -0.2) is 29.8 Å². The number of hydrogen-bond acceptors (Lipinski definition) is 5. The van der Waals surface area contributed by atoms with Gasteiger partial charge < -0.3 is 10.5 Å². The Hall–Kier alpha value is -2.16. The predicted octanol–water partition coefficient (Wildman–Crippen LogP) is 1.74. The Balaban J connectivity index is 2.63. The summed E-state index contributed by atoms with van der Waals surface area (Å²) < 4.78 is 29.1. The Labute approximate surface area is 123 Å². The first kappa shape index (κ1) is 16.9. The summed E-state index contributed by atoms with van der Waals surface area (Å²) in [7, 11) is 0. The standard InChI is InChI=1S/C12H12F2N2O4S/c1-6(9(17)16-12(15)19)20-10(18)7-2-4-8(5-3-7)21-11(13)14/h2-6,11H,1H3,(H3,15,16,17,19). The number of hydrogen-bond donors (Lipinski definition) is 2. The van der Waals surface area contributed by atoms with E-state index in [9.17, 15) is 23.2 Å². The maximum atomic E-state index is 12.1. The monoisotopic (exact) mass is 318 g/mol. The zero-order valence-corrected chi connectivity index (χ0v) is 11.7. The lowest BCUT2D eigenvalue weighted by molar-refractivity contribution is -0.127. The van der Waals surface area contributed by atoms with Gasteiger partial charge in [-0.1, -0.05) is 11.8 Å². The second-order valence-corrected chi connectivity index (χ2v) is 4.87. The first-order valence-corrected chi connectivity index (χ1v) is 6.53. The molecular weight excluding hydrogens is 306 g/mol. The maximum Gasteiger partial charge on any atom is 0.338 e. The molecule has 0 spiro atoms. The second kappa shape index (κ2) is 7.58. The molecule has 114 valence electrons. The Bertz CT molecular complexity index is 537. The summed E-state index contributed by atoms with van der Waals surface area (Å²) >= 11 is 0.344. The normalized spacial score (nSPS) is 11.8. The number of nitrogens with two attached hydrogens (primary N) is 1. The van der Waals surface area contributed by atoms with Crippen molar-refractivity contribution in [2.75, 3.05) is 0 Å². The number of amides is 3.